The van der Waals surface area contributed by atoms with E-state index in [0.717, 1.165) is 31.4 Å². The molecule has 4 rings (SSSR count). The van der Waals surface area contributed by atoms with Crippen LogP contribution in [0, 0.1) is 6.92 Å². The highest BCUT2D eigenvalue weighted by Gasteiger charge is 2.35. The van der Waals surface area contributed by atoms with Crippen LogP contribution in [0.1, 0.15) is 52.5 Å². The van der Waals surface area contributed by atoms with Gasteiger partial charge in [0.2, 0.25) is 5.91 Å². The predicted molar refractivity (Wildman–Crippen MR) is 128 cm³/mol. The lowest BCUT2D eigenvalue weighted by Crippen LogP contribution is -2.44. The minimum Gasteiger partial charge on any atom is -0.336 e. The van der Waals surface area contributed by atoms with E-state index < -0.39 is 6.04 Å². The fraction of sp³-hybridized carbons (Fsp3) is 0.400. The highest BCUT2D eigenvalue weighted by Crippen LogP contribution is 2.26. The average molecular weight is 452 g/mol. The van der Waals surface area contributed by atoms with Gasteiger partial charge in [0.15, 0.2) is 0 Å². The van der Waals surface area contributed by atoms with Gasteiger partial charge < -0.3 is 15.1 Å². The Morgan fingerprint density at radius 3 is 2.44 bits per heavy atom. The zero-order valence-corrected chi connectivity index (χ0v) is 19.4. The number of hydrogen-bond acceptors (Lipinski definition) is 4. The molecule has 2 fully saturated rings. The molecule has 0 aromatic heterocycles. The van der Waals surface area contributed by atoms with Gasteiger partial charge in [-0.25, -0.2) is 0 Å². The molecule has 0 saturated carbocycles. The maximum atomic E-state index is 13.0. The summed E-state index contributed by atoms with van der Waals surface area (Å²) in [5, 5.41) is 2.97. The summed E-state index contributed by atoms with van der Waals surface area (Å²) in [6.07, 6.45) is 3.25. The maximum absolute atomic E-state index is 13.0. The number of likely N-dealkylation sites (tertiary alicyclic amines) is 1. The molecule has 2 aliphatic heterocycles. The summed E-state index contributed by atoms with van der Waals surface area (Å²) in [5.41, 5.74) is 2.73. The lowest BCUT2D eigenvalue weighted by Gasteiger charge is -2.33. The molecule has 168 valence electrons. The first-order valence-electron chi connectivity index (χ1n) is 11.1. The Hall–Kier alpha value is -2.80. The van der Waals surface area contributed by atoms with Gasteiger partial charge in [0, 0.05) is 35.2 Å². The first kappa shape index (κ1) is 22.4. The molecule has 0 radical (unpaired) electrons. The number of aryl methyl sites for hydroxylation is 1. The molecule has 0 bridgehead atoms. The van der Waals surface area contributed by atoms with Crippen LogP contribution < -0.4 is 5.32 Å². The number of carbonyl (C=O) groups is 3. The van der Waals surface area contributed by atoms with Crippen LogP contribution >= 0.6 is 11.8 Å². The van der Waals surface area contributed by atoms with E-state index in [1.807, 2.05) is 36.1 Å². The van der Waals surface area contributed by atoms with Crippen LogP contribution in [0.4, 0.5) is 5.69 Å². The monoisotopic (exact) mass is 451 g/mol. The van der Waals surface area contributed by atoms with Crippen molar-refractivity contribution in [2.75, 3.05) is 23.5 Å². The van der Waals surface area contributed by atoms with Crippen LogP contribution in [0.25, 0.3) is 0 Å². The molecule has 1 N–H and O–H groups in total. The molecule has 2 saturated heterocycles. The van der Waals surface area contributed by atoms with Gasteiger partial charge in [-0.1, -0.05) is 18.2 Å². The summed E-state index contributed by atoms with van der Waals surface area (Å²) in [6, 6.07) is 14.2. The number of carbonyl (C=O) groups excluding carboxylic acids is 3. The van der Waals surface area contributed by atoms with Gasteiger partial charge >= 0.3 is 0 Å². The molecule has 2 aromatic carbocycles. The molecule has 0 aliphatic carbocycles. The average Bonchev–Trinajstić information content (AvgIpc) is 3.30. The normalized spacial score (nSPS) is 20.8. The number of piperidine rings is 1. The number of benzene rings is 2. The molecule has 7 heteroatoms. The summed E-state index contributed by atoms with van der Waals surface area (Å²) in [6.45, 7) is 4.78. The van der Waals surface area contributed by atoms with Crippen molar-refractivity contribution in [1.29, 1.82) is 0 Å². The second kappa shape index (κ2) is 9.77. The van der Waals surface area contributed by atoms with Gasteiger partial charge in [0.05, 0.1) is 5.88 Å². The minimum atomic E-state index is -0.525. The topological polar surface area (TPSA) is 69.7 Å². The molecule has 0 spiro atoms. The largest absolute Gasteiger partial charge is 0.336 e. The van der Waals surface area contributed by atoms with Crippen molar-refractivity contribution in [2.24, 2.45) is 0 Å². The second-order valence-electron chi connectivity index (χ2n) is 8.52. The number of thioether (sulfide) groups is 1. The third kappa shape index (κ3) is 4.67. The number of nitrogens with one attached hydrogen (secondary N) is 1. The van der Waals surface area contributed by atoms with Crippen molar-refractivity contribution in [3.8, 4) is 0 Å². The lowest BCUT2D eigenvalue weighted by atomic mass is 10.0. The highest BCUT2D eigenvalue weighted by molar-refractivity contribution is 7.99. The Morgan fingerprint density at radius 2 is 1.72 bits per heavy atom. The number of amides is 3. The van der Waals surface area contributed by atoms with Gasteiger partial charge in [-0.3, -0.25) is 14.4 Å². The van der Waals surface area contributed by atoms with Gasteiger partial charge in [0.1, 0.15) is 6.04 Å². The fourth-order valence-electron chi connectivity index (χ4n) is 4.33. The van der Waals surface area contributed by atoms with E-state index in [0.29, 0.717) is 28.4 Å². The number of rotatable bonds is 4. The Morgan fingerprint density at radius 1 is 0.969 bits per heavy atom. The van der Waals surface area contributed by atoms with E-state index >= 15 is 0 Å². The van der Waals surface area contributed by atoms with Crippen LogP contribution in [-0.2, 0) is 4.79 Å². The van der Waals surface area contributed by atoms with E-state index in [2.05, 4.69) is 12.2 Å². The summed E-state index contributed by atoms with van der Waals surface area (Å²) in [5.74, 6) is 0.763. The van der Waals surface area contributed by atoms with Gasteiger partial charge in [-0.2, -0.15) is 0 Å². The molecule has 3 amide bonds. The lowest BCUT2D eigenvalue weighted by molar-refractivity contribution is -0.119. The SMILES string of the molecule is Cc1cc(C(=O)N2CCCCC2C)ccc1NC(=O)C1CSCN1C(=O)c1ccccc1. The quantitative estimate of drug-likeness (QED) is 0.758. The van der Waals surface area contributed by atoms with Gasteiger partial charge in [-0.15, -0.1) is 11.8 Å². The molecule has 2 aliphatic rings. The van der Waals surface area contributed by atoms with Crippen LogP contribution in [-0.4, -0.2) is 57.8 Å². The number of anilines is 1. The fourth-order valence-corrected chi connectivity index (χ4v) is 5.48. The molecule has 2 aromatic rings. The van der Waals surface area contributed by atoms with Crippen LogP contribution in [0.15, 0.2) is 48.5 Å². The van der Waals surface area contributed by atoms with Crippen LogP contribution in [0.5, 0.6) is 0 Å². The summed E-state index contributed by atoms with van der Waals surface area (Å²) >= 11 is 1.57. The van der Waals surface area contributed by atoms with Crippen LogP contribution in [0.3, 0.4) is 0 Å². The summed E-state index contributed by atoms with van der Waals surface area (Å²) < 4.78 is 0. The maximum Gasteiger partial charge on any atom is 0.255 e. The van der Waals surface area contributed by atoms with E-state index in [4.69, 9.17) is 0 Å². The Bertz CT molecular complexity index is 1010. The molecule has 2 unspecified atom stereocenters. The van der Waals surface area contributed by atoms with Gasteiger partial charge in [-0.05, 0) is 69.0 Å². The third-order valence-electron chi connectivity index (χ3n) is 6.26. The first-order valence-corrected chi connectivity index (χ1v) is 12.3. The van der Waals surface area contributed by atoms with Crippen LogP contribution in [0.2, 0.25) is 0 Å². The number of hydrogen-bond donors (Lipinski definition) is 1. The molecule has 2 heterocycles. The Kier molecular flexibility index (Phi) is 6.84. The molecular formula is C25H29N3O3S. The highest BCUT2D eigenvalue weighted by atomic mass is 32.2. The molecular weight excluding hydrogens is 422 g/mol. The van der Waals surface area contributed by atoms with E-state index in [9.17, 15) is 14.4 Å². The van der Waals surface area contributed by atoms with Crippen molar-refractivity contribution in [2.45, 2.75) is 45.2 Å². The molecule has 32 heavy (non-hydrogen) atoms. The number of nitrogens with zero attached hydrogens (tertiary/aromatic N) is 2. The standard InChI is InChI=1S/C25H29N3O3S/c1-17-14-20(25(31)27-13-7-6-8-18(27)2)11-12-21(17)26-23(29)22-15-32-16-28(22)24(30)19-9-4-3-5-10-19/h3-5,9-12,14,18,22H,6-8,13,15-16H2,1-2H3,(H,26,29). The first-order chi connectivity index (χ1) is 15.5. The van der Waals surface area contributed by atoms with E-state index in [-0.39, 0.29) is 23.8 Å². The van der Waals surface area contributed by atoms with Crippen molar-refractivity contribution < 1.29 is 14.4 Å². The van der Waals surface area contributed by atoms with Gasteiger partial charge in [0.25, 0.3) is 11.8 Å². The predicted octanol–water partition coefficient (Wildman–Crippen LogP) is 4.16. The van der Waals surface area contributed by atoms with Crippen molar-refractivity contribution in [3.63, 3.8) is 0 Å². The Balaban J connectivity index is 1.45. The van der Waals surface area contributed by atoms with Crippen molar-refractivity contribution in [3.05, 3.63) is 65.2 Å². The zero-order valence-electron chi connectivity index (χ0n) is 18.5. The summed E-state index contributed by atoms with van der Waals surface area (Å²) in [4.78, 5) is 42.4. The minimum absolute atomic E-state index is 0.0463. The van der Waals surface area contributed by atoms with Crippen molar-refractivity contribution in [1.82, 2.24) is 9.80 Å². The molecule has 6 nitrogen and oxygen atoms in total. The smallest absolute Gasteiger partial charge is 0.255 e. The Labute approximate surface area is 193 Å². The molecule has 2 atom stereocenters. The third-order valence-corrected chi connectivity index (χ3v) is 7.27. The zero-order chi connectivity index (χ0) is 22.7. The van der Waals surface area contributed by atoms with Crippen molar-refractivity contribution >= 4 is 35.2 Å². The second-order valence-corrected chi connectivity index (χ2v) is 9.52. The summed E-state index contributed by atoms with van der Waals surface area (Å²) in [7, 11) is 0. The van der Waals surface area contributed by atoms with E-state index in [1.165, 1.54) is 0 Å². The van der Waals surface area contributed by atoms with E-state index in [1.54, 1.807) is 40.9 Å².